The number of rotatable bonds is 7. The third-order valence-corrected chi connectivity index (χ3v) is 4.35. The number of carbonyl (C=O) groups is 3. The summed E-state index contributed by atoms with van der Waals surface area (Å²) in [6.45, 7) is 0.674. The van der Waals surface area contributed by atoms with Crippen molar-refractivity contribution >= 4 is 29.1 Å². The SMILES string of the molecule is CN(C)C(=O)c1ccc(CNC(=O)CCNC(=O)c2cccs2)cc1. The molecule has 2 rings (SSSR count). The molecule has 0 radical (unpaired) electrons. The highest BCUT2D eigenvalue weighted by molar-refractivity contribution is 7.12. The van der Waals surface area contributed by atoms with Crippen LogP contribution in [0.3, 0.4) is 0 Å². The van der Waals surface area contributed by atoms with Gasteiger partial charge >= 0.3 is 0 Å². The number of carbonyl (C=O) groups excluding carboxylic acids is 3. The highest BCUT2D eigenvalue weighted by Crippen LogP contribution is 2.08. The minimum Gasteiger partial charge on any atom is -0.352 e. The van der Waals surface area contributed by atoms with E-state index in [4.69, 9.17) is 0 Å². The first-order valence-corrected chi connectivity index (χ1v) is 8.74. The molecule has 2 N–H and O–H groups in total. The van der Waals surface area contributed by atoms with E-state index in [0.717, 1.165) is 5.56 Å². The topological polar surface area (TPSA) is 78.5 Å². The lowest BCUT2D eigenvalue weighted by atomic mass is 10.1. The van der Waals surface area contributed by atoms with Crippen molar-refractivity contribution in [2.24, 2.45) is 0 Å². The Morgan fingerprint density at radius 2 is 1.76 bits per heavy atom. The third kappa shape index (κ3) is 5.72. The Balaban J connectivity index is 1.71. The van der Waals surface area contributed by atoms with Crippen LogP contribution in [0.5, 0.6) is 0 Å². The molecule has 0 spiro atoms. The molecule has 1 aromatic carbocycles. The zero-order chi connectivity index (χ0) is 18.2. The molecule has 132 valence electrons. The summed E-state index contributed by atoms with van der Waals surface area (Å²) >= 11 is 1.36. The Labute approximate surface area is 150 Å². The number of hydrogen-bond acceptors (Lipinski definition) is 4. The Kier molecular flexibility index (Phi) is 6.71. The standard InChI is InChI=1S/C18H21N3O3S/c1-21(2)18(24)14-7-5-13(6-8-14)12-20-16(22)9-10-19-17(23)15-4-3-11-25-15/h3-8,11H,9-10,12H2,1-2H3,(H,19,23)(H,20,22). The zero-order valence-corrected chi connectivity index (χ0v) is 15.1. The summed E-state index contributed by atoms with van der Waals surface area (Å²) in [5.41, 5.74) is 1.52. The zero-order valence-electron chi connectivity index (χ0n) is 14.2. The van der Waals surface area contributed by atoms with Crippen LogP contribution in [-0.4, -0.2) is 43.3 Å². The molecule has 0 fully saturated rings. The maximum Gasteiger partial charge on any atom is 0.261 e. The fraction of sp³-hybridized carbons (Fsp3) is 0.278. The van der Waals surface area contributed by atoms with Crippen molar-refractivity contribution in [3.05, 3.63) is 57.8 Å². The van der Waals surface area contributed by atoms with Gasteiger partial charge in [-0.25, -0.2) is 0 Å². The monoisotopic (exact) mass is 359 g/mol. The first-order valence-electron chi connectivity index (χ1n) is 7.86. The van der Waals surface area contributed by atoms with E-state index < -0.39 is 0 Å². The molecule has 7 heteroatoms. The molecule has 25 heavy (non-hydrogen) atoms. The van der Waals surface area contributed by atoms with Gasteiger partial charge in [0.2, 0.25) is 5.91 Å². The van der Waals surface area contributed by atoms with Crippen molar-refractivity contribution in [3.8, 4) is 0 Å². The van der Waals surface area contributed by atoms with Gasteiger partial charge in [0, 0.05) is 39.2 Å². The van der Waals surface area contributed by atoms with Crippen LogP contribution in [0.4, 0.5) is 0 Å². The van der Waals surface area contributed by atoms with Gasteiger partial charge in [-0.2, -0.15) is 0 Å². The molecule has 0 bridgehead atoms. The number of nitrogens with zero attached hydrogens (tertiary/aromatic N) is 1. The van der Waals surface area contributed by atoms with Crippen molar-refractivity contribution in [2.45, 2.75) is 13.0 Å². The maximum atomic E-state index is 11.8. The molecule has 0 aliphatic carbocycles. The molecule has 0 aliphatic heterocycles. The van der Waals surface area contributed by atoms with Crippen molar-refractivity contribution in [3.63, 3.8) is 0 Å². The first kappa shape index (κ1) is 18.7. The van der Waals surface area contributed by atoms with Crippen molar-refractivity contribution in [2.75, 3.05) is 20.6 Å². The number of nitrogens with one attached hydrogen (secondary N) is 2. The molecule has 1 heterocycles. The molecule has 6 nitrogen and oxygen atoms in total. The molecule has 2 aromatic rings. The van der Waals surface area contributed by atoms with E-state index in [9.17, 15) is 14.4 Å². The predicted octanol–water partition coefficient (Wildman–Crippen LogP) is 1.89. The average molecular weight is 359 g/mol. The van der Waals surface area contributed by atoms with Crippen molar-refractivity contribution in [1.82, 2.24) is 15.5 Å². The van der Waals surface area contributed by atoms with Gasteiger partial charge in [-0.1, -0.05) is 18.2 Å². The Bertz CT molecular complexity index is 725. The molecule has 1 aromatic heterocycles. The summed E-state index contributed by atoms with van der Waals surface area (Å²) in [5.74, 6) is -0.360. The lowest BCUT2D eigenvalue weighted by molar-refractivity contribution is -0.121. The van der Waals surface area contributed by atoms with E-state index in [1.807, 2.05) is 23.6 Å². The lowest BCUT2D eigenvalue weighted by Crippen LogP contribution is -2.30. The molecular formula is C18H21N3O3S. The van der Waals surface area contributed by atoms with Gasteiger partial charge in [0.1, 0.15) is 0 Å². The second kappa shape index (κ2) is 8.98. The van der Waals surface area contributed by atoms with E-state index in [1.165, 1.54) is 16.2 Å². The minimum atomic E-state index is -0.163. The number of amides is 3. The predicted molar refractivity (Wildman–Crippen MR) is 97.6 cm³/mol. The second-order valence-electron chi connectivity index (χ2n) is 5.66. The van der Waals surface area contributed by atoms with Crippen LogP contribution in [0.1, 0.15) is 32.0 Å². The molecule has 0 atom stereocenters. The van der Waals surface area contributed by atoms with Gasteiger partial charge in [0.05, 0.1) is 4.88 Å². The fourth-order valence-electron chi connectivity index (χ4n) is 2.10. The highest BCUT2D eigenvalue weighted by Gasteiger charge is 2.09. The van der Waals surface area contributed by atoms with Crippen LogP contribution in [-0.2, 0) is 11.3 Å². The molecule has 0 saturated carbocycles. The molecule has 0 saturated heterocycles. The van der Waals surface area contributed by atoms with E-state index >= 15 is 0 Å². The van der Waals surface area contributed by atoms with E-state index in [2.05, 4.69) is 10.6 Å². The summed E-state index contributed by atoms with van der Waals surface area (Å²) < 4.78 is 0. The van der Waals surface area contributed by atoms with Gasteiger partial charge in [-0.3, -0.25) is 14.4 Å². The quantitative estimate of drug-likeness (QED) is 0.792. The van der Waals surface area contributed by atoms with E-state index in [1.54, 1.807) is 32.3 Å². The van der Waals surface area contributed by atoms with E-state index in [-0.39, 0.29) is 24.1 Å². The smallest absolute Gasteiger partial charge is 0.261 e. The van der Waals surface area contributed by atoms with Gasteiger partial charge in [0.25, 0.3) is 11.8 Å². The second-order valence-corrected chi connectivity index (χ2v) is 6.60. The summed E-state index contributed by atoms with van der Waals surface area (Å²) in [7, 11) is 3.40. The maximum absolute atomic E-state index is 11.8. The van der Waals surface area contributed by atoms with Crippen LogP contribution in [0, 0.1) is 0 Å². The number of hydrogen-bond donors (Lipinski definition) is 2. The number of thiophene rings is 1. The summed E-state index contributed by atoms with van der Waals surface area (Å²) in [5, 5.41) is 7.34. The Morgan fingerprint density at radius 3 is 2.36 bits per heavy atom. The van der Waals surface area contributed by atoms with Gasteiger partial charge < -0.3 is 15.5 Å². The van der Waals surface area contributed by atoms with E-state index in [0.29, 0.717) is 23.5 Å². The molecule has 0 unspecified atom stereocenters. The van der Waals surface area contributed by atoms with Gasteiger partial charge in [0.15, 0.2) is 0 Å². The van der Waals surface area contributed by atoms with Crippen LogP contribution >= 0.6 is 11.3 Å². The van der Waals surface area contributed by atoms with Gasteiger partial charge in [-0.05, 0) is 29.1 Å². The Hall–Kier alpha value is -2.67. The largest absolute Gasteiger partial charge is 0.352 e. The summed E-state index contributed by atoms with van der Waals surface area (Å²) in [4.78, 5) is 37.5. The average Bonchev–Trinajstić information content (AvgIpc) is 3.14. The Morgan fingerprint density at radius 1 is 1.04 bits per heavy atom. The van der Waals surface area contributed by atoms with Crippen LogP contribution in [0.15, 0.2) is 41.8 Å². The summed E-state index contributed by atoms with van der Waals surface area (Å²) in [6, 6.07) is 10.7. The lowest BCUT2D eigenvalue weighted by Gasteiger charge is -2.11. The van der Waals surface area contributed by atoms with Crippen molar-refractivity contribution < 1.29 is 14.4 Å². The highest BCUT2D eigenvalue weighted by atomic mass is 32.1. The van der Waals surface area contributed by atoms with Crippen LogP contribution in [0.2, 0.25) is 0 Å². The normalized spacial score (nSPS) is 10.2. The minimum absolute atomic E-state index is 0.0583. The fourth-order valence-corrected chi connectivity index (χ4v) is 2.74. The first-order chi connectivity index (χ1) is 12.0. The number of benzene rings is 1. The van der Waals surface area contributed by atoms with Gasteiger partial charge in [-0.15, -0.1) is 11.3 Å². The van der Waals surface area contributed by atoms with Crippen LogP contribution in [0.25, 0.3) is 0 Å². The third-order valence-electron chi connectivity index (χ3n) is 3.48. The van der Waals surface area contributed by atoms with Crippen molar-refractivity contribution in [1.29, 1.82) is 0 Å². The summed E-state index contributed by atoms with van der Waals surface area (Å²) in [6.07, 6.45) is 0.217. The molecule has 0 aliphatic rings. The molecular weight excluding hydrogens is 338 g/mol. The van der Waals surface area contributed by atoms with Crippen LogP contribution < -0.4 is 10.6 Å². The molecule has 3 amide bonds.